The molecule has 2 aliphatic heterocycles. The Hall–Kier alpha value is -0.900. The molecule has 2 saturated heterocycles. The Morgan fingerprint density at radius 3 is 2.13 bits per heavy atom. The Kier molecular flexibility index (Phi) is 11.4. The van der Waals surface area contributed by atoms with Crippen LogP contribution in [-0.2, 0) is 6.54 Å². The minimum Gasteiger partial charge on any atom is -0.356 e. The van der Waals surface area contributed by atoms with Gasteiger partial charge in [-0.3, -0.25) is 9.89 Å². The van der Waals surface area contributed by atoms with Gasteiger partial charge in [0.05, 0.1) is 0 Å². The second-order valence-electron chi connectivity index (χ2n) is 8.52. The fourth-order valence-electron chi connectivity index (χ4n) is 4.35. The summed E-state index contributed by atoms with van der Waals surface area (Å²) in [6.45, 7) is 18.1. The molecule has 1 N–H and O–H groups in total. The van der Waals surface area contributed by atoms with Crippen molar-refractivity contribution >= 4 is 29.9 Å². The van der Waals surface area contributed by atoms with E-state index in [-0.39, 0.29) is 24.0 Å². The third-order valence-electron chi connectivity index (χ3n) is 6.22. The van der Waals surface area contributed by atoms with Gasteiger partial charge in [-0.15, -0.1) is 24.0 Å². The molecule has 1 aromatic rings. The van der Waals surface area contributed by atoms with Gasteiger partial charge >= 0.3 is 0 Å². The molecule has 7 heteroatoms. The van der Waals surface area contributed by atoms with E-state index < -0.39 is 0 Å². The number of hydrogen-bond acceptors (Lipinski definition) is 4. The lowest BCUT2D eigenvalue weighted by Crippen LogP contribution is -2.53. The van der Waals surface area contributed by atoms with E-state index in [1.54, 1.807) is 0 Å². The Balaban J connectivity index is 0.00000320. The number of hydrogen-bond donors (Lipinski definition) is 1. The van der Waals surface area contributed by atoms with E-state index in [0.29, 0.717) is 5.92 Å². The van der Waals surface area contributed by atoms with Crippen molar-refractivity contribution < 1.29 is 0 Å². The molecule has 0 spiro atoms. The van der Waals surface area contributed by atoms with Crippen LogP contribution in [0.4, 0.5) is 0 Å². The van der Waals surface area contributed by atoms with Gasteiger partial charge in [-0.25, -0.2) is 0 Å². The summed E-state index contributed by atoms with van der Waals surface area (Å²) in [5, 5.41) is 3.63. The maximum atomic E-state index is 4.55. The van der Waals surface area contributed by atoms with Gasteiger partial charge in [0.25, 0.3) is 0 Å². The number of piperazine rings is 2. The van der Waals surface area contributed by atoms with E-state index in [4.69, 9.17) is 0 Å². The molecular formula is C23H41IN6. The van der Waals surface area contributed by atoms with E-state index in [0.717, 1.165) is 45.2 Å². The van der Waals surface area contributed by atoms with Crippen LogP contribution in [0.15, 0.2) is 35.3 Å². The zero-order valence-electron chi connectivity index (χ0n) is 19.1. The van der Waals surface area contributed by atoms with Crippen molar-refractivity contribution in [2.24, 2.45) is 10.9 Å². The van der Waals surface area contributed by atoms with Gasteiger partial charge in [-0.1, -0.05) is 44.2 Å². The molecular weight excluding hydrogens is 487 g/mol. The monoisotopic (exact) mass is 528 g/mol. The fraction of sp³-hybridized carbons (Fsp3) is 0.696. The van der Waals surface area contributed by atoms with Gasteiger partial charge < -0.3 is 20.0 Å². The Morgan fingerprint density at radius 1 is 0.933 bits per heavy atom. The van der Waals surface area contributed by atoms with Crippen LogP contribution < -0.4 is 5.32 Å². The molecule has 0 aliphatic carbocycles. The van der Waals surface area contributed by atoms with Crippen molar-refractivity contribution in [2.45, 2.75) is 20.4 Å². The highest BCUT2D eigenvalue weighted by molar-refractivity contribution is 14.0. The lowest BCUT2D eigenvalue weighted by molar-refractivity contribution is 0.124. The van der Waals surface area contributed by atoms with Crippen molar-refractivity contribution in [1.29, 1.82) is 0 Å². The summed E-state index contributed by atoms with van der Waals surface area (Å²) in [4.78, 5) is 14.7. The first-order chi connectivity index (χ1) is 14.2. The van der Waals surface area contributed by atoms with Gasteiger partial charge in [0.1, 0.15) is 0 Å². The van der Waals surface area contributed by atoms with E-state index in [9.17, 15) is 0 Å². The molecule has 0 saturated carbocycles. The summed E-state index contributed by atoms with van der Waals surface area (Å²) >= 11 is 0. The van der Waals surface area contributed by atoms with Crippen molar-refractivity contribution in [2.75, 3.05) is 79.0 Å². The molecule has 1 unspecified atom stereocenters. The maximum absolute atomic E-state index is 4.55. The van der Waals surface area contributed by atoms with Crippen LogP contribution in [0.25, 0.3) is 0 Å². The van der Waals surface area contributed by atoms with Crippen LogP contribution >= 0.6 is 24.0 Å². The molecule has 1 atom stereocenters. The zero-order valence-corrected chi connectivity index (χ0v) is 21.4. The maximum Gasteiger partial charge on any atom is 0.193 e. The highest BCUT2D eigenvalue weighted by atomic mass is 127. The largest absolute Gasteiger partial charge is 0.356 e. The third-order valence-corrected chi connectivity index (χ3v) is 6.22. The van der Waals surface area contributed by atoms with Crippen LogP contribution in [0, 0.1) is 5.92 Å². The summed E-state index contributed by atoms with van der Waals surface area (Å²) in [6, 6.07) is 10.8. The smallest absolute Gasteiger partial charge is 0.193 e. The lowest BCUT2D eigenvalue weighted by atomic mass is 10.1. The molecule has 3 rings (SSSR count). The van der Waals surface area contributed by atoms with Crippen molar-refractivity contribution in [1.82, 2.24) is 24.9 Å². The summed E-state index contributed by atoms with van der Waals surface area (Å²) in [5.74, 6) is 1.69. The van der Waals surface area contributed by atoms with Crippen LogP contribution in [0.1, 0.15) is 19.4 Å². The summed E-state index contributed by atoms with van der Waals surface area (Å²) in [5.41, 5.74) is 1.40. The van der Waals surface area contributed by atoms with E-state index in [1.165, 1.54) is 44.8 Å². The van der Waals surface area contributed by atoms with Gasteiger partial charge in [-0.05, 0) is 18.0 Å². The number of likely N-dealkylation sites (N-methyl/N-ethyl adjacent to an activating group) is 1. The molecule has 0 radical (unpaired) electrons. The molecule has 2 heterocycles. The molecule has 30 heavy (non-hydrogen) atoms. The SMILES string of the molecule is CCN1CCN(CC(C)CNC(=NC)N2CCN(Cc3ccccc3)CC2)CC1.I. The van der Waals surface area contributed by atoms with Crippen LogP contribution in [0.2, 0.25) is 0 Å². The number of guanidine groups is 1. The van der Waals surface area contributed by atoms with E-state index >= 15 is 0 Å². The Bertz CT molecular complexity index is 609. The number of halogens is 1. The second kappa shape index (κ2) is 13.5. The number of nitrogens with zero attached hydrogens (tertiary/aromatic N) is 5. The van der Waals surface area contributed by atoms with Gasteiger partial charge in [0, 0.05) is 79.0 Å². The van der Waals surface area contributed by atoms with Crippen molar-refractivity contribution in [3.05, 3.63) is 35.9 Å². The van der Waals surface area contributed by atoms with Crippen molar-refractivity contribution in [3.8, 4) is 0 Å². The second-order valence-corrected chi connectivity index (χ2v) is 8.52. The molecule has 170 valence electrons. The number of nitrogens with one attached hydrogen (secondary N) is 1. The molecule has 2 fully saturated rings. The van der Waals surface area contributed by atoms with Crippen LogP contribution in [0.5, 0.6) is 0 Å². The quantitative estimate of drug-likeness (QED) is 0.334. The number of rotatable bonds is 7. The minimum absolute atomic E-state index is 0. The van der Waals surface area contributed by atoms with Crippen molar-refractivity contribution in [3.63, 3.8) is 0 Å². The van der Waals surface area contributed by atoms with E-state index in [2.05, 4.69) is 74.1 Å². The van der Waals surface area contributed by atoms with Crippen LogP contribution in [-0.4, -0.2) is 105 Å². The highest BCUT2D eigenvalue weighted by Crippen LogP contribution is 2.09. The van der Waals surface area contributed by atoms with Gasteiger partial charge in [0.15, 0.2) is 5.96 Å². The molecule has 0 amide bonds. The molecule has 6 nitrogen and oxygen atoms in total. The Labute approximate surface area is 200 Å². The molecule has 1 aromatic carbocycles. The lowest BCUT2D eigenvalue weighted by Gasteiger charge is -2.37. The summed E-state index contributed by atoms with van der Waals surface area (Å²) in [7, 11) is 1.91. The van der Waals surface area contributed by atoms with Gasteiger partial charge in [0.2, 0.25) is 0 Å². The first kappa shape index (κ1) is 25.4. The average molecular weight is 529 g/mol. The first-order valence-electron chi connectivity index (χ1n) is 11.3. The predicted octanol–water partition coefficient (Wildman–Crippen LogP) is 2.27. The summed E-state index contributed by atoms with van der Waals surface area (Å²) in [6.07, 6.45) is 0. The molecule has 2 aliphatic rings. The minimum atomic E-state index is 0. The number of benzene rings is 1. The number of aliphatic imine (C=N–C) groups is 1. The summed E-state index contributed by atoms with van der Waals surface area (Å²) < 4.78 is 0. The predicted molar refractivity (Wildman–Crippen MR) is 138 cm³/mol. The topological polar surface area (TPSA) is 37.4 Å². The zero-order chi connectivity index (χ0) is 20.5. The Morgan fingerprint density at radius 2 is 1.53 bits per heavy atom. The van der Waals surface area contributed by atoms with Crippen LogP contribution in [0.3, 0.4) is 0 Å². The first-order valence-corrected chi connectivity index (χ1v) is 11.3. The fourth-order valence-corrected chi connectivity index (χ4v) is 4.35. The standard InChI is InChI=1S/C23H40N6.HI/c1-4-26-10-12-27(13-11-26)19-21(2)18-25-23(24-3)29-16-14-28(15-17-29)20-22-8-6-5-7-9-22;/h5-9,21H,4,10-20H2,1-3H3,(H,24,25);1H. The molecule has 0 aromatic heterocycles. The van der Waals surface area contributed by atoms with E-state index in [1.807, 2.05) is 7.05 Å². The highest BCUT2D eigenvalue weighted by Gasteiger charge is 2.21. The average Bonchev–Trinajstić information content (AvgIpc) is 2.76. The van der Waals surface area contributed by atoms with Gasteiger partial charge in [-0.2, -0.15) is 0 Å². The third kappa shape index (κ3) is 7.98. The normalized spacial score (nSPS) is 20.6. The molecule has 0 bridgehead atoms.